The molecule has 0 aromatic carbocycles. The molecule has 1 aliphatic heterocycles. The maximum Gasteiger partial charge on any atom is 0.223 e. The Morgan fingerprint density at radius 1 is 1.53 bits per heavy atom. The quantitative estimate of drug-likeness (QED) is 0.870. The number of amides is 1. The average molecular weight is 246 g/mol. The van der Waals surface area contributed by atoms with Crippen LogP contribution in [0.15, 0.2) is 0 Å². The molecule has 2 rings (SSSR count). The van der Waals surface area contributed by atoms with E-state index in [9.17, 15) is 4.79 Å². The summed E-state index contributed by atoms with van der Waals surface area (Å²) in [5.41, 5.74) is 0. The number of hydrogen-bond donors (Lipinski definition) is 1. The van der Waals surface area contributed by atoms with Crippen LogP contribution in [0.3, 0.4) is 0 Å². The van der Waals surface area contributed by atoms with Crippen molar-refractivity contribution < 1.29 is 4.79 Å². The van der Waals surface area contributed by atoms with Gasteiger partial charge in [-0.2, -0.15) is 0 Å². The highest BCUT2D eigenvalue weighted by Gasteiger charge is 2.19. The van der Waals surface area contributed by atoms with Crippen LogP contribution in [-0.2, 0) is 4.79 Å². The van der Waals surface area contributed by atoms with Crippen molar-refractivity contribution in [2.45, 2.75) is 19.8 Å². The predicted molar refractivity (Wildman–Crippen MR) is 62.9 cm³/mol. The minimum absolute atomic E-state index is 0.117. The van der Waals surface area contributed by atoms with Gasteiger partial charge in [0.05, 0.1) is 0 Å². The van der Waals surface area contributed by atoms with Crippen LogP contribution in [0, 0.1) is 0 Å². The summed E-state index contributed by atoms with van der Waals surface area (Å²) < 4.78 is 0. The molecule has 0 spiro atoms. The van der Waals surface area contributed by atoms with Gasteiger partial charge in [0, 0.05) is 20.0 Å². The number of carbonyl (C=O) groups is 1. The summed E-state index contributed by atoms with van der Waals surface area (Å²) in [5, 5.41) is 4.69. The maximum absolute atomic E-state index is 10.9. The summed E-state index contributed by atoms with van der Waals surface area (Å²) in [7, 11) is 0. The summed E-state index contributed by atoms with van der Waals surface area (Å²) in [6.07, 6.45) is 2.40. The average Bonchev–Trinajstić information content (AvgIpc) is 2.72. The SMILES string of the molecule is CC(=O)Nc1nc(Cl)c(N2CCCC2)s1. The van der Waals surface area contributed by atoms with Crippen molar-refractivity contribution in [2.24, 2.45) is 0 Å². The number of halogens is 1. The van der Waals surface area contributed by atoms with Crippen molar-refractivity contribution in [1.29, 1.82) is 0 Å². The Hall–Kier alpha value is -0.810. The molecule has 1 aromatic heterocycles. The van der Waals surface area contributed by atoms with Gasteiger partial charge in [-0.05, 0) is 12.8 Å². The second kappa shape index (κ2) is 4.37. The van der Waals surface area contributed by atoms with Gasteiger partial charge >= 0.3 is 0 Å². The van der Waals surface area contributed by atoms with E-state index in [0.717, 1.165) is 18.1 Å². The van der Waals surface area contributed by atoms with E-state index in [1.807, 2.05) is 0 Å². The molecule has 6 heteroatoms. The van der Waals surface area contributed by atoms with Crippen molar-refractivity contribution in [3.63, 3.8) is 0 Å². The number of thiazole rings is 1. The molecule has 0 unspecified atom stereocenters. The minimum atomic E-state index is -0.117. The summed E-state index contributed by atoms with van der Waals surface area (Å²) in [4.78, 5) is 17.2. The number of anilines is 2. The standard InChI is InChI=1S/C9H12ClN3OS/c1-6(14)11-9-12-7(10)8(15-9)13-4-2-3-5-13/h2-5H2,1H3,(H,11,12,14). The molecule has 0 bridgehead atoms. The van der Waals surface area contributed by atoms with E-state index in [4.69, 9.17) is 11.6 Å². The lowest BCUT2D eigenvalue weighted by Gasteiger charge is -2.13. The fraction of sp³-hybridized carbons (Fsp3) is 0.556. The van der Waals surface area contributed by atoms with Gasteiger partial charge in [-0.1, -0.05) is 22.9 Å². The summed E-state index contributed by atoms with van der Waals surface area (Å²) >= 11 is 7.45. The first kappa shape index (κ1) is 10.7. The molecule has 4 nitrogen and oxygen atoms in total. The van der Waals surface area contributed by atoms with E-state index < -0.39 is 0 Å². The van der Waals surface area contributed by atoms with E-state index in [1.54, 1.807) is 0 Å². The van der Waals surface area contributed by atoms with Crippen LogP contribution in [-0.4, -0.2) is 24.0 Å². The van der Waals surface area contributed by atoms with Crippen molar-refractivity contribution >= 4 is 39.0 Å². The first-order chi connectivity index (χ1) is 7.16. The highest BCUT2D eigenvalue weighted by atomic mass is 35.5. The third-order valence-corrected chi connectivity index (χ3v) is 3.65. The van der Waals surface area contributed by atoms with Crippen LogP contribution < -0.4 is 10.2 Å². The molecule has 1 aromatic rings. The van der Waals surface area contributed by atoms with E-state index in [1.165, 1.54) is 31.1 Å². The minimum Gasteiger partial charge on any atom is -0.361 e. The van der Waals surface area contributed by atoms with Crippen LogP contribution in [0.5, 0.6) is 0 Å². The highest BCUT2D eigenvalue weighted by molar-refractivity contribution is 7.20. The monoisotopic (exact) mass is 245 g/mol. The van der Waals surface area contributed by atoms with E-state index >= 15 is 0 Å². The molecular formula is C9H12ClN3OS. The molecule has 1 saturated heterocycles. The molecular weight excluding hydrogens is 234 g/mol. The first-order valence-corrected chi connectivity index (χ1v) is 6.05. The van der Waals surface area contributed by atoms with Gasteiger partial charge in [-0.3, -0.25) is 4.79 Å². The Balaban J connectivity index is 2.17. The first-order valence-electron chi connectivity index (χ1n) is 4.85. The predicted octanol–water partition coefficient (Wildman–Crippen LogP) is 2.36. The third kappa shape index (κ3) is 2.41. The fourth-order valence-corrected chi connectivity index (χ4v) is 2.94. The van der Waals surface area contributed by atoms with E-state index in [2.05, 4.69) is 15.2 Å². The van der Waals surface area contributed by atoms with Crippen molar-refractivity contribution in [2.75, 3.05) is 23.3 Å². The maximum atomic E-state index is 10.9. The molecule has 15 heavy (non-hydrogen) atoms. The zero-order chi connectivity index (χ0) is 10.8. The smallest absolute Gasteiger partial charge is 0.223 e. The Morgan fingerprint density at radius 3 is 2.80 bits per heavy atom. The van der Waals surface area contributed by atoms with Gasteiger partial charge in [0.25, 0.3) is 0 Å². The molecule has 0 aliphatic carbocycles. The normalized spacial score (nSPS) is 15.7. The molecule has 1 amide bonds. The van der Waals surface area contributed by atoms with E-state index in [-0.39, 0.29) is 5.91 Å². The van der Waals surface area contributed by atoms with Crippen LogP contribution in [0.4, 0.5) is 10.1 Å². The Kier molecular flexibility index (Phi) is 3.11. The Bertz CT molecular complexity index is 373. The van der Waals surface area contributed by atoms with Crippen molar-refractivity contribution in [3.05, 3.63) is 5.15 Å². The molecule has 0 radical (unpaired) electrons. The number of carbonyl (C=O) groups excluding carboxylic acids is 1. The molecule has 1 aliphatic rings. The van der Waals surface area contributed by atoms with Gasteiger partial charge in [0.2, 0.25) is 5.91 Å². The number of rotatable bonds is 2. The Morgan fingerprint density at radius 2 is 2.20 bits per heavy atom. The summed E-state index contributed by atoms with van der Waals surface area (Å²) in [6.45, 7) is 3.52. The lowest BCUT2D eigenvalue weighted by Crippen LogP contribution is -2.16. The second-order valence-corrected chi connectivity index (χ2v) is 4.83. The second-order valence-electron chi connectivity index (χ2n) is 3.49. The summed E-state index contributed by atoms with van der Waals surface area (Å²) in [5.74, 6) is -0.117. The lowest BCUT2D eigenvalue weighted by atomic mass is 10.4. The third-order valence-electron chi connectivity index (χ3n) is 2.25. The zero-order valence-electron chi connectivity index (χ0n) is 8.42. The van der Waals surface area contributed by atoms with Crippen molar-refractivity contribution in [1.82, 2.24) is 4.98 Å². The van der Waals surface area contributed by atoms with Gasteiger partial charge < -0.3 is 10.2 Å². The number of hydrogen-bond acceptors (Lipinski definition) is 4. The molecule has 0 saturated carbocycles. The van der Waals surface area contributed by atoms with Crippen LogP contribution in [0.1, 0.15) is 19.8 Å². The van der Waals surface area contributed by atoms with Crippen molar-refractivity contribution in [3.8, 4) is 0 Å². The van der Waals surface area contributed by atoms with Gasteiger partial charge in [0.1, 0.15) is 5.00 Å². The lowest BCUT2D eigenvalue weighted by molar-refractivity contribution is -0.114. The van der Waals surface area contributed by atoms with Gasteiger partial charge in [-0.15, -0.1) is 0 Å². The van der Waals surface area contributed by atoms with Crippen LogP contribution >= 0.6 is 22.9 Å². The zero-order valence-corrected chi connectivity index (χ0v) is 9.99. The number of nitrogens with zero attached hydrogens (tertiary/aromatic N) is 2. The highest BCUT2D eigenvalue weighted by Crippen LogP contribution is 2.36. The van der Waals surface area contributed by atoms with E-state index in [0.29, 0.717) is 10.3 Å². The molecule has 0 atom stereocenters. The molecule has 82 valence electrons. The fourth-order valence-electron chi connectivity index (χ4n) is 1.61. The number of aromatic nitrogens is 1. The topological polar surface area (TPSA) is 45.2 Å². The largest absolute Gasteiger partial charge is 0.361 e. The molecule has 1 fully saturated rings. The van der Waals surface area contributed by atoms with Gasteiger partial charge in [-0.25, -0.2) is 4.98 Å². The van der Waals surface area contributed by atoms with Gasteiger partial charge in [0.15, 0.2) is 10.3 Å². The Labute approximate surface area is 97.2 Å². The van der Waals surface area contributed by atoms with Crippen LogP contribution in [0.2, 0.25) is 5.15 Å². The molecule has 1 N–H and O–H groups in total. The molecule has 2 heterocycles. The summed E-state index contributed by atoms with van der Waals surface area (Å²) in [6, 6.07) is 0. The van der Waals surface area contributed by atoms with Crippen LogP contribution in [0.25, 0.3) is 0 Å². The number of nitrogens with one attached hydrogen (secondary N) is 1.